The SMILES string of the molecule is COC(=O)C1(NC2CC2)CCSCC1. The van der Waals surface area contributed by atoms with E-state index >= 15 is 0 Å². The molecule has 0 spiro atoms. The molecule has 0 aromatic heterocycles. The predicted molar refractivity (Wildman–Crippen MR) is 57.5 cm³/mol. The Hall–Kier alpha value is -0.220. The normalized spacial score (nSPS) is 25.8. The topological polar surface area (TPSA) is 38.3 Å². The molecular weight excluding hydrogens is 198 g/mol. The number of carbonyl (C=O) groups excluding carboxylic acids is 1. The molecule has 1 saturated carbocycles. The van der Waals surface area contributed by atoms with Gasteiger partial charge < -0.3 is 4.74 Å². The van der Waals surface area contributed by atoms with E-state index in [1.807, 2.05) is 11.8 Å². The van der Waals surface area contributed by atoms with Crippen molar-refractivity contribution in [3.63, 3.8) is 0 Å². The lowest BCUT2D eigenvalue weighted by Gasteiger charge is -2.35. The average molecular weight is 215 g/mol. The lowest BCUT2D eigenvalue weighted by atomic mass is 9.92. The molecule has 2 rings (SSSR count). The van der Waals surface area contributed by atoms with Crippen molar-refractivity contribution >= 4 is 17.7 Å². The van der Waals surface area contributed by atoms with Crippen molar-refractivity contribution in [1.82, 2.24) is 5.32 Å². The van der Waals surface area contributed by atoms with Crippen molar-refractivity contribution in [3.8, 4) is 0 Å². The van der Waals surface area contributed by atoms with E-state index < -0.39 is 0 Å². The van der Waals surface area contributed by atoms with Gasteiger partial charge in [0.1, 0.15) is 5.54 Å². The van der Waals surface area contributed by atoms with Gasteiger partial charge in [0, 0.05) is 6.04 Å². The zero-order valence-corrected chi connectivity index (χ0v) is 9.36. The lowest BCUT2D eigenvalue weighted by Crippen LogP contribution is -2.55. The molecule has 80 valence electrons. The number of esters is 1. The van der Waals surface area contributed by atoms with Crippen molar-refractivity contribution in [2.45, 2.75) is 37.3 Å². The summed E-state index contributed by atoms with van der Waals surface area (Å²) in [6.07, 6.45) is 4.26. The number of methoxy groups -OCH3 is 1. The van der Waals surface area contributed by atoms with E-state index in [0.29, 0.717) is 6.04 Å². The van der Waals surface area contributed by atoms with Crippen molar-refractivity contribution < 1.29 is 9.53 Å². The Morgan fingerprint density at radius 1 is 1.43 bits per heavy atom. The molecule has 0 atom stereocenters. The Morgan fingerprint density at radius 3 is 2.57 bits per heavy atom. The van der Waals surface area contributed by atoms with Crippen LogP contribution in [0, 0.1) is 0 Å². The summed E-state index contributed by atoms with van der Waals surface area (Å²) in [6.45, 7) is 0. The summed E-state index contributed by atoms with van der Waals surface area (Å²) >= 11 is 1.92. The fourth-order valence-electron chi connectivity index (χ4n) is 1.94. The fraction of sp³-hybridized carbons (Fsp3) is 0.900. The van der Waals surface area contributed by atoms with Gasteiger partial charge in [0.05, 0.1) is 7.11 Å². The summed E-state index contributed by atoms with van der Waals surface area (Å²) in [5.41, 5.74) is -0.360. The van der Waals surface area contributed by atoms with Gasteiger partial charge >= 0.3 is 5.97 Å². The minimum atomic E-state index is -0.360. The van der Waals surface area contributed by atoms with Gasteiger partial charge in [-0.25, -0.2) is 0 Å². The number of nitrogens with one attached hydrogen (secondary N) is 1. The molecule has 1 heterocycles. The number of rotatable bonds is 3. The smallest absolute Gasteiger partial charge is 0.326 e. The third-order valence-corrected chi connectivity index (χ3v) is 3.97. The second kappa shape index (κ2) is 4.11. The number of hydrogen-bond acceptors (Lipinski definition) is 4. The first kappa shape index (κ1) is 10.3. The first-order valence-corrected chi connectivity index (χ1v) is 6.36. The van der Waals surface area contributed by atoms with Crippen molar-refractivity contribution in [1.29, 1.82) is 0 Å². The second-order valence-electron chi connectivity index (χ2n) is 4.10. The zero-order valence-electron chi connectivity index (χ0n) is 8.54. The van der Waals surface area contributed by atoms with Crippen LogP contribution in [-0.2, 0) is 9.53 Å². The van der Waals surface area contributed by atoms with Gasteiger partial charge in [-0.3, -0.25) is 10.1 Å². The maximum absolute atomic E-state index is 11.8. The van der Waals surface area contributed by atoms with Gasteiger partial charge in [0.25, 0.3) is 0 Å². The van der Waals surface area contributed by atoms with E-state index in [9.17, 15) is 4.79 Å². The first-order chi connectivity index (χ1) is 6.77. The molecule has 0 aromatic rings. The molecule has 3 nitrogen and oxygen atoms in total. The van der Waals surface area contributed by atoms with Crippen LogP contribution in [0.25, 0.3) is 0 Å². The Kier molecular flexibility index (Phi) is 3.02. The Bertz CT molecular complexity index is 222. The maximum Gasteiger partial charge on any atom is 0.326 e. The van der Waals surface area contributed by atoms with Gasteiger partial charge in [-0.05, 0) is 37.2 Å². The van der Waals surface area contributed by atoms with E-state index in [2.05, 4.69) is 5.32 Å². The van der Waals surface area contributed by atoms with E-state index in [1.165, 1.54) is 20.0 Å². The Morgan fingerprint density at radius 2 is 2.07 bits per heavy atom. The highest BCUT2D eigenvalue weighted by Crippen LogP contribution is 2.32. The minimum absolute atomic E-state index is 0.0651. The minimum Gasteiger partial charge on any atom is -0.468 e. The number of ether oxygens (including phenoxy) is 1. The third-order valence-electron chi connectivity index (χ3n) is 2.98. The largest absolute Gasteiger partial charge is 0.468 e. The lowest BCUT2D eigenvalue weighted by molar-refractivity contribution is -0.149. The van der Waals surface area contributed by atoms with E-state index in [4.69, 9.17) is 4.74 Å². The van der Waals surface area contributed by atoms with Crippen LogP contribution in [-0.4, -0.2) is 36.2 Å². The Balaban J connectivity index is 2.04. The van der Waals surface area contributed by atoms with Crippen LogP contribution in [0.4, 0.5) is 0 Å². The molecule has 0 amide bonds. The van der Waals surface area contributed by atoms with Crippen LogP contribution in [0.3, 0.4) is 0 Å². The number of hydrogen-bond donors (Lipinski definition) is 1. The van der Waals surface area contributed by atoms with Crippen LogP contribution in [0.2, 0.25) is 0 Å². The average Bonchev–Trinajstić information content (AvgIpc) is 3.02. The maximum atomic E-state index is 11.8. The number of thioether (sulfide) groups is 1. The molecule has 1 N–H and O–H groups in total. The highest BCUT2D eigenvalue weighted by atomic mass is 32.2. The highest BCUT2D eigenvalue weighted by molar-refractivity contribution is 7.99. The molecule has 2 fully saturated rings. The summed E-state index contributed by atoms with van der Waals surface area (Å²) in [7, 11) is 1.49. The summed E-state index contributed by atoms with van der Waals surface area (Å²) in [4.78, 5) is 11.8. The monoisotopic (exact) mass is 215 g/mol. The molecule has 0 unspecified atom stereocenters. The van der Waals surface area contributed by atoms with Gasteiger partial charge in [-0.1, -0.05) is 0 Å². The van der Waals surface area contributed by atoms with Gasteiger partial charge in [0.2, 0.25) is 0 Å². The van der Waals surface area contributed by atoms with Crippen LogP contribution in [0.5, 0.6) is 0 Å². The molecule has 1 saturated heterocycles. The van der Waals surface area contributed by atoms with E-state index in [0.717, 1.165) is 24.3 Å². The highest BCUT2D eigenvalue weighted by Gasteiger charge is 2.44. The molecule has 1 aliphatic carbocycles. The Labute approximate surface area is 89.0 Å². The van der Waals surface area contributed by atoms with Crippen LogP contribution in [0.15, 0.2) is 0 Å². The molecule has 14 heavy (non-hydrogen) atoms. The van der Waals surface area contributed by atoms with Crippen LogP contribution < -0.4 is 5.32 Å². The summed E-state index contributed by atoms with van der Waals surface area (Å²) < 4.78 is 4.91. The summed E-state index contributed by atoms with van der Waals surface area (Å²) in [5, 5.41) is 3.47. The van der Waals surface area contributed by atoms with Gasteiger partial charge in [0.15, 0.2) is 0 Å². The van der Waals surface area contributed by atoms with Gasteiger partial charge in [-0.15, -0.1) is 0 Å². The molecule has 0 bridgehead atoms. The summed E-state index contributed by atoms with van der Waals surface area (Å²) in [6, 6.07) is 0.567. The zero-order chi connectivity index (χ0) is 10.0. The quantitative estimate of drug-likeness (QED) is 0.717. The molecule has 0 radical (unpaired) electrons. The first-order valence-electron chi connectivity index (χ1n) is 5.21. The van der Waals surface area contributed by atoms with E-state index in [-0.39, 0.29) is 11.5 Å². The molecule has 0 aromatic carbocycles. The standard InChI is InChI=1S/C10H17NO2S/c1-13-9(12)10(11-8-2-3-8)4-6-14-7-5-10/h8,11H,2-7H2,1H3. The van der Waals surface area contributed by atoms with Crippen molar-refractivity contribution in [2.75, 3.05) is 18.6 Å². The van der Waals surface area contributed by atoms with Crippen LogP contribution in [0.1, 0.15) is 25.7 Å². The fourth-order valence-corrected chi connectivity index (χ4v) is 3.13. The van der Waals surface area contributed by atoms with E-state index in [1.54, 1.807) is 0 Å². The van der Waals surface area contributed by atoms with Crippen molar-refractivity contribution in [3.05, 3.63) is 0 Å². The molecule has 4 heteroatoms. The molecule has 1 aliphatic heterocycles. The van der Waals surface area contributed by atoms with Crippen molar-refractivity contribution in [2.24, 2.45) is 0 Å². The molecular formula is C10H17NO2S. The number of carbonyl (C=O) groups is 1. The predicted octanol–water partition coefficient (Wildman–Crippen LogP) is 1.18. The summed E-state index contributed by atoms with van der Waals surface area (Å²) in [5.74, 6) is 2.06. The second-order valence-corrected chi connectivity index (χ2v) is 5.33. The molecule has 2 aliphatic rings. The third kappa shape index (κ3) is 2.06. The van der Waals surface area contributed by atoms with Crippen LogP contribution >= 0.6 is 11.8 Å². The van der Waals surface area contributed by atoms with Gasteiger partial charge in [-0.2, -0.15) is 11.8 Å².